The predicted octanol–water partition coefficient (Wildman–Crippen LogP) is -0.374. The summed E-state index contributed by atoms with van der Waals surface area (Å²) in [5.74, 6) is 1.59. The van der Waals surface area contributed by atoms with Crippen LogP contribution in [0.3, 0.4) is 0 Å². The molecule has 0 radical (unpaired) electrons. The summed E-state index contributed by atoms with van der Waals surface area (Å²) >= 11 is 15.5. The molecule has 3 rings (SSSR count). The molecular weight excluding hydrogens is 569 g/mol. The van der Waals surface area contributed by atoms with Gasteiger partial charge in [-0.05, 0) is 13.8 Å². The van der Waals surface area contributed by atoms with Crippen LogP contribution in [0.25, 0.3) is 0 Å². The maximum Gasteiger partial charge on any atom is 1.00 e. The van der Waals surface area contributed by atoms with E-state index in [1.54, 1.807) is 0 Å². The Morgan fingerprint density at radius 3 is 1.53 bits per heavy atom. The summed E-state index contributed by atoms with van der Waals surface area (Å²) in [7, 11) is -3.67. The zero-order valence-electron chi connectivity index (χ0n) is 21.3. The summed E-state index contributed by atoms with van der Waals surface area (Å²) in [4.78, 5) is 0. The summed E-state index contributed by atoms with van der Waals surface area (Å²) in [6.45, 7) is 10.7. The van der Waals surface area contributed by atoms with Crippen LogP contribution in [0.2, 0.25) is 0 Å². The van der Waals surface area contributed by atoms with Crippen molar-refractivity contribution >= 4 is 42.3 Å². The van der Waals surface area contributed by atoms with E-state index in [1.807, 2.05) is 13.8 Å². The second-order valence-electron chi connectivity index (χ2n) is 6.02. The molecule has 0 aromatic heterocycles. The number of hydrogen-bond acceptors (Lipinski definition) is 9. The van der Waals surface area contributed by atoms with E-state index < -0.39 is 7.54 Å². The summed E-state index contributed by atoms with van der Waals surface area (Å²) in [5.41, 5.74) is 0. The Bertz CT molecular complexity index is 365. The third-order valence-electron chi connectivity index (χ3n) is 3.08. The number of epoxide rings is 2. The predicted molar refractivity (Wildman–Crippen MR) is 130 cm³/mol. The first-order valence-electron chi connectivity index (χ1n) is 10.8. The minimum atomic E-state index is -3.67. The van der Waals surface area contributed by atoms with Crippen molar-refractivity contribution < 1.29 is 86.6 Å². The van der Waals surface area contributed by atoms with E-state index in [9.17, 15) is 12.9 Å². The molecule has 9 nitrogen and oxygen atoms in total. The molecule has 36 heavy (non-hydrogen) atoms. The van der Waals surface area contributed by atoms with Gasteiger partial charge in [-0.2, -0.15) is 0 Å². The molecule has 3 aliphatic heterocycles. The molecule has 3 fully saturated rings. The average molecular weight is 610 g/mol. The molecule has 3 N–H and O–H groups in total. The number of aliphatic hydroxyl groups is 2. The maximum atomic E-state index is 9.67. The first-order chi connectivity index (χ1) is 16.4. The molecule has 0 amide bonds. The van der Waals surface area contributed by atoms with Crippen LogP contribution in [0.4, 0.5) is 12.9 Å². The molecule has 0 bridgehead atoms. The quantitative estimate of drug-likeness (QED) is 0.156. The molecule has 3 atom stereocenters. The maximum absolute atomic E-state index is 9.67. The molecule has 17 heteroatoms. The van der Waals surface area contributed by atoms with Gasteiger partial charge in [0.25, 0.3) is 0 Å². The Balaban J connectivity index is -0.000000108. The van der Waals surface area contributed by atoms with E-state index in [2.05, 4.69) is 0 Å². The number of alkyl halides is 3. The first-order valence-corrected chi connectivity index (χ1v) is 12.4. The van der Waals surface area contributed by atoms with E-state index in [4.69, 9.17) is 73.4 Å². The fourth-order valence-corrected chi connectivity index (χ4v) is 1.72. The second-order valence-corrected chi connectivity index (χ2v) is 7.09. The van der Waals surface area contributed by atoms with Gasteiger partial charge in [0.05, 0.1) is 71.4 Å². The normalized spacial score (nSPS) is 20.0. The third-order valence-corrected chi connectivity index (χ3v) is 3.75. The SMILES string of the molecule is CCOCC.ClCCOC[C@H]1CO1.ClC[C@H]1CO1.FB(F)F.OCCCl.OC[C@H]1COCCO1.[Na+].[OH-]. The standard InChI is InChI=1S/C5H9ClO2.C5H10O3.C4H10O.C3H5ClO.C2H5ClO.BF3.Na.H2O/c6-1-2-7-3-5-4-8-5;6-3-5-4-7-1-2-8-5;1-3-5-4-2;4-1-3-2-5-3;3-1-2-4;2-1(3)4;;/h5H,1-4H2;5-6H,1-4H2;3-4H2,1-2H3;3H,1-2H2;4H,1-2H2;;;1H2/q;;;;;;+1;/p-1/t2*5-;;3-;;;;/m00.0..../s1. The van der Waals surface area contributed by atoms with Crippen molar-refractivity contribution in [3.63, 3.8) is 0 Å². The van der Waals surface area contributed by atoms with Gasteiger partial charge in [-0.25, -0.2) is 0 Å². The molecular formula is C19H40BCl3F3NaO9. The minimum Gasteiger partial charge on any atom is -0.870 e. The van der Waals surface area contributed by atoms with Gasteiger partial charge in [0.15, 0.2) is 0 Å². The van der Waals surface area contributed by atoms with Gasteiger partial charge in [-0.1, -0.05) is 0 Å². The molecule has 0 aromatic carbocycles. The molecule has 3 aliphatic rings. The Hall–Kier alpha value is 1.36. The van der Waals surface area contributed by atoms with Crippen LogP contribution < -0.4 is 29.6 Å². The molecule has 3 saturated heterocycles. The van der Waals surface area contributed by atoms with E-state index >= 15 is 0 Å². The molecule has 0 aromatic rings. The van der Waals surface area contributed by atoms with E-state index in [1.165, 1.54) is 0 Å². The number of ether oxygens (including phenoxy) is 6. The molecule has 0 saturated carbocycles. The zero-order valence-corrected chi connectivity index (χ0v) is 25.5. The van der Waals surface area contributed by atoms with Crippen molar-refractivity contribution in [1.82, 2.24) is 0 Å². The van der Waals surface area contributed by atoms with Gasteiger partial charge in [0, 0.05) is 25.0 Å². The largest absolute Gasteiger partial charge is 1.00 e. The van der Waals surface area contributed by atoms with Crippen molar-refractivity contribution in [2.24, 2.45) is 0 Å². The Morgan fingerprint density at radius 2 is 1.33 bits per heavy atom. The number of hydrogen-bond donors (Lipinski definition) is 2. The van der Waals surface area contributed by atoms with Crippen molar-refractivity contribution in [2.75, 3.05) is 90.3 Å². The Labute approximate surface area is 250 Å². The number of rotatable bonds is 9. The zero-order chi connectivity index (χ0) is 26.5. The van der Waals surface area contributed by atoms with Gasteiger partial charge in [-0.3, -0.25) is 12.9 Å². The Kier molecular flexibility index (Phi) is 53.5. The van der Waals surface area contributed by atoms with Crippen molar-refractivity contribution in [2.45, 2.75) is 32.2 Å². The van der Waals surface area contributed by atoms with Crippen LogP contribution in [0.15, 0.2) is 0 Å². The smallest absolute Gasteiger partial charge is 0.870 e. The fourth-order valence-electron chi connectivity index (χ4n) is 1.44. The van der Waals surface area contributed by atoms with E-state index in [0.717, 1.165) is 26.4 Å². The van der Waals surface area contributed by atoms with Crippen LogP contribution in [0, 0.1) is 0 Å². The van der Waals surface area contributed by atoms with Crippen molar-refractivity contribution in [3.8, 4) is 0 Å². The minimum absolute atomic E-state index is 0. The molecule has 216 valence electrons. The van der Waals surface area contributed by atoms with Crippen LogP contribution in [0.1, 0.15) is 13.8 Å². The summed E-state index contributed by atoms with van der Waals surface area (Å²) < 4.78 is 58.5. The van der Waals surface area contributed by atoms with Gasteiger partial charge in [0.1, 0.15) is 12.2 Å². The molecule has 0 unspecified atom stereocenters. The van der Waals surface area contributed by atoms with Crippen molar-refractivity contribution in [3.05, 3.63) is 0 Å². The van der Waals surface area contributed by atoms with E-state index in [-0.39, 0.29) is 54.4 Å². The first kappa shape index (κ1) is 47.2. The molecule has 3 heterocycles. The van der Waals surface area contributed by atoms with Crippen LogP contribution in [0.5, 0.6) is 0 Å². The van der Waals surface area contributed by atoms with Gasteiger partial charge >= 0.3 is 37.1 Å². The summed E-state index contributed by atoms with van der Waals surface area (Å²) in [6, 6.07) is 0. The van der Waals surface area contributed by atoms with Gasteiger partial charge in [-0.15, -0.1) is 34.8 Å². The third kappa shape index (κ3) is 55.8. The summed E-state index contributed by atoms with van der Waals surface area (Å²) in [5, 5.41) is 16.2. The topological polar surface area (TPSA) is 132 Å². The second kappa shape index (κ2) is 40.9. The Morgan fingerprint density at radius 1 is 0.833 bits per heavy atom. The van der Waals surface area contributed by atoms with Crippen LogP contribution in [-0.2, 0) is 28.4 Å². The van der Waals surface area contributed by atoms with Gasteiger partial charge in [0.2, 0.25) is 0 Å². The van der Waals surface area contributed by atoms with Crippen LogP contribution in [-0.4, -0.2) is 132 Å². The molecule has 0 spiro atoms. The average Bonchev–Trinajstić information content (AvgIpc) is 3.76. The monoisotopic (exact) mass is 608 g/mol. The fraction of sp³-hybridized carbons (Fsp3) is 1.00. The van der Waals surface area contributed by atoms with Crippen LogP contribution >= 0.6 is 34.8 Å². The number of aliphatic hydroxyl groups excluding tert-OH is 2. The van der Waals surface area contributed by atoms with Crippen molar-refractivity contribution in [1.29, 1.82) is 0 Å². The van der Waals surface area contributed by atoms with Gasteiger partial charge < -0.3 is 44.1 Å². The number of halogens is 6. The summed E-state index contributed by atoms with van der Waals surface area (Å²) in [6.07, 6.45) is 0.693. The molecule has 0 aliphatic carbocycles. The van der Waals surface area contributed by atoms with E-state index in [0.29, 0.717) is 62.9 Å².